The molecule has 0 fully saturated rings. The Morgan fingerprint density at radius 3 is 2.00 bits per heavy atom. The molecule has 1 aliphatic carbocycles. The average molecular weight is 453 g/mol. The van der Waals surface area contributed by atoms with Crippen molar-refractivity contribution in [1.29, 1.82) is 0 Å². The molecule has 1 aliphatic rings. The Hall–Kier alpha value is -3.35. The first-order chi connectivity index (χ1) is 15.6. The molecule has 2 aromatic carbocycles. The number of nitrogens with one attached hydrogen (secondary N) is 2. The van der Waals surface area contributed by atoms with E-state index in [2.05, 4.69) is 34.9 Å². The highest BCUT2D eigenvalue weighted by Gasteiger charge is 2.33. The van der Waals surface area contributed by atoms with Crippen LogP contribution in [0.2, 0.25) is 0 Å². The Kier molecular flexibility index (Phi) is 7.41. The van der Waals surface area contributed by atoms with Crippen LogP contribution in [0.25, 0.3) is 11.1 Å². The second-order valence-corrected chi connectivity index (χ2v) is 9.48. The van der Waals surface area contributed by atoms with Gasteiger partial charge in [-0.3, -0.25) is 4.79 Å². The van der Waals surface area contributed by atoms with Crippen LogP contribution in [0.4, 0.5) is 4.79 Å². The second-order valence-electron chi connectivity index (χ2n) is 9.48. The summed E-state index contributed by atoms with van der Waals surface area (Å²) in [5, 5.41) is 14.7. The quantitative estimate of drug-likeness (QED) is 0.554. The molecule has 0 spiro atoms. The van der Waals surface area contributed by atoms with E-state index >= 15 is 0 Å². The summed E-state index contributed by atoms with van der Waals surface area (Å²) in [6, 6.07) is 14.7. The van der Waals surface area contributed by atoms with Crippen molar-refractivity contribution in [2.45, 2.75) is 58.5 Å². The summed E-state index contributed by atoms with van der Waals surface area (Å²) in [7, 11) is 0. The number of carbonyl (C=O) groups excluding carboxylic acids is 2. The van der Waals surface area contributed by atoms with Crippen molar-refractivity contribution >= 4 is 18.0 Å². The fourth-order valence-electron chi connectivity index (χ4n) is 4.20. The van der Waals surface area contributed by atoms with Crippen LogP contribution in [-0.2, 0) is 14.3 Å². The number of benzene rings is 2. The van der Waals surface area contributed by atoms with Crippen LogP contribution in [0.1, 0.15) is 57.6 Å². The third kappa shape index (κ3) is 5.72. The van der Waals surface area contributed by atoms with Gasteiger partial charge < -0.3 is 20.5 Å². The van der Waals surface area contributed by atoms with Crippen LogP contribution >= 0.6 is 0 Å². The lowest BCUT2D eigenvalue weighted by Gasteiger charge is -2.28. The van der Waals surface area contributed by atoms with E-state index in [1.807, 2.05) is 31.2 Å². The summed E-state index contributed by atoms with van der Waals surface area (Å²) in [5.41, 5.74) is 3.91. The molecule has 0 aromatic heterocycles. The molecular formula is C26H32N2O5. The third-order valence-corrected chi connectivity index (χ3v) is 6.01. The van der Waals surface area contributed by atoms with Crippen molar-refractivity contribution in [2.24, 2.45) is 5.41 Å². The smallest absolute Gasteiger partial charge is 0.407 e. The van der Waals surface area contributed by atoms with E-state index in [1.165, 1.54) is 0 Å². The van der Waals surface area contributed by atoms with Crippen molar-refractivity contribution in [3.63, 3.8) is 0 Å². The molecule has 7 nitrogen and oxygen atoms in total. The van der Waals surface area contributed by atoms with Gasteiger partial charge in [0.15, 0.2) is 0 Å². The highest BCUT2D eigenvalue weighted by Crippen LogP contribution is 2.44. The second kappa shape index (κ2) is 10.1. The van der Waals surface area contributed by atoms with Gasteiger partial charge in [0.1, 0.15) is 12.6 Å². The molecule has 33 heavy (non-hydrogen) atoms. The van der Waals surface area contributed by atoms with E-state index in [0.717, 1.165) is 22.3 Å². The monoisotopic (exact) mass is 452 g/mol. The predicted octanol–water partition coefficient (Wildman–Crippen LogP) is 4.31. The van der Waals surface area contributed by atoms with Crippen molar-refractivity contribution < 1.29 is 24.2 Å². The first kappa shape index (κ1) is 24.3. The number of ether oxygens (including phenoxy) is 1. The van der Waals surface area contributed by atoms with Gasteiger partial charge in [0.25, 0.3) is 0 Å². The van der Waals surface area contributed by atoms with Gasteiger partial charge in [-0.05, 0) is 34.1 Å². The number of fused-ring (bicyclic) bond motifs is 3. The van der Waals surface area contributed by atoms with E-state index < -0.39 is 35.5 Å². The predicted molar refractivity (Wildman–Crippen MR) is 126 cm³/mol. The molecule has 0 saturated carbocycles. The van der Waals surface area contributed by atoms with Crippen LogP contribution in [0.15, 0.2) is 48.5 Å². The molecule has 2 amide bonds. The molecule has 0 heterocycles. The molecule has 3 N–H and O–H groups in total. The highest BCUT2D eigenvalue weighted by molar-refractivity contribution is 5.85. The maximum absolute atomic E-state index is 12.5. The maximum Gasteiger partial charge on any atom is 0.407 e. The standard InChI is InChI=1S/C26H32N2O5/c1-5-16(14-22(29)28-23(24(30)31)26(2,3)4)27-25(32)33-15-21-19-12-8-6-10-17(19)18-11-7-9-13-20(18)21/h6-13,16,21,23H,5,14-15H2,1-4H3,(H,27,32)(H,28,29)(H,30,31)/t16-,23-/m0/s1. The minimum absolute atomic E-state index is 0.0272. The summed E-state index contributed by atoms with van der Waals surface area (Å²) < 4.78 is 5.55. The third-order valence-electron chi connectivity index (χ3n) is 6.01. The lowest BCUT2D eigenvalue weighted by molar-refractivity contribution is -0.145. The van der Waals surface area contributed by atoms with Crippen LogP contribution in [0, 0.1) is 5.41 Å². The molecule has 3 rings (SSSR count). The van der Waals surface area contributed by atoms with Gasteiger partial charge in [-0.1, -0.05) is 76.2 Å². The van der Waals surface area contributed by atoms with Crippen LogP contribution in [-0.4, -0.2) is 41.8 Å². The Balaban J connectivity index is 1.58. The van der Waals surface area contributed by atoms with Gasteiger partial charge in [-0.2, -0.15) is 0 Å². The number of carbonyl (C=O) groups is 3. The van der Waals surface area contributed by atoms with E-state index in [1.54, 1.807) is 20.8 Å². The fourth-order valence-corrected chi connectivity index (χ4v) is 4.20. The summed E-state index contributed by atoms with van der Waals surface area (Å²) in [5.74, 6) is -1.56. The zero-order valence-electron chi connectivity index (χ0n) is 19.6. The van der Waals surface area contributed by atoms with Gasteiger partial charge in [-0.15, -0.1) is 0 Å². The number of hydrogen-bond acceptors (Lipinski definition) is 4. The first-order valence-corrected chi connectivity index (χ1v) is 11.3. The van der Waals surface area contributed by atoms with Crippen molar-refractivity contribution in [3.8, 4) is 11.1 Å². The average Bonchev–Trinajstić information content (AvgIpc) is 3.08. The number of rotatable bonds is 8. The molecule has 0 saturated heterocycles. The Bertz CT molecular complexity index is 982. The minimum Gasteiger partial charge on any atom is -0.480 e. The van der Waals surface area contributed by atoms with E-state index in [0.29, 0.717) is 6.42 Å². The summed E-state index contributed by atoms with van der Waals surface area (Å²) in [6.45, 7) is 7.28. The van der Waals surface area contributed by atoms with Gasteiger partial charge in [-0.25, -0.2) is 9.59 Å². The summed E-state index contributed by atoms with van der Waals surface area (Å²) >= 11 is 0. The topological polar surface area (TPSA) is 105 Å². The Morgan fingerprint density at radius 2 is 1.52 bits per heavy atom. The number of hydrogen-bond donors (Lipinski definition) is 3. The van der Waals surface area contributed by atoms with Crippen LogP contribution in [0.5, 0.6) is 0 Å². The number of aliphatic carboxylic acids is 1. The van der Waals surface area contributed by atoms with Crippen molar-refractivity contribution in [1.82, 2.24) is 10.6 Å². The Labute approximate surface area is 194 Å². The highest BCUT2D eigenvalue weighted by atomic mass is 16.5. The van der Waals surface area contributed by atoms with Crippen molar-refractivity contribution in [2.75, 3.05) is 6.61 Å². The normalized spacial score (nSPS) is 14.5. The molecule has 0 bridgehead atoms. The van der Waals surface area contributed by atoms with Crippen LogP contribution in [0.3, 0.4) is 0 Å². The van der Waals surface area contributed by atoms with E-state index in [9.17, 15) is 19.5 Å². The SMILES string of the molecule is CC[C@@H](CC(=O)N[C@@H](C(=O)O)C(C)(C)C)NC(=O)OCC1c2ccccc2-c2ccccc21. The maximum atomic E-state index is 12.5. The first-order valence-electron chi connectivity index (χ1n) is 11.3. The zero-order chi connectivity index (χ0) is 24.2. The van der Waals surface area contributed by atoms with Crippen molar-refractivity contribution in [3.05, 3.63) is 59.7 Å². The number of amides is 2. The van der Waals surface area contributed by atoms with E-state index in [4.69, 9.17) is 4.74 Å². The molecule has 0 unspecified atom stereocenters. The van der Waals surface area contributed by atoms with Gasteiger partial charge in [0, 0.05) is 18.4 Å². The Morgan fingerprint density at radius 1 is 0.970 bits per heavy atom. The number of carboxylic acid groups (broad SMARTS) is 1. The van der Waals surface area contributed by atoms with Gasteiger partial charge in [0.05, 0.1) is 0 Å². The van der Waals surface area contributed by atoms with E-state index in [-0.39, 0.29) is 18.9 Å². The largest absolute Gasteiger partial charge is 0.480 e. The van der Waals surface area contributed by atoms with Gasteiger partial charge in [0.2, 0.25) is 5.91 Å². The molecule has 0 radical (unpaired) electrons. The molecule has 2 atom stereocenters. The lowest BCUT2D eigenvalue weighted by Crippen LogP contribution is -2.50. The van der Waals surface area contributed by atoms with Crippen LogP contribution < -0.4 is 10.6 Å². The zero-order valence-corrected chi connectivity index (χ0v) is 19.6. The lowest BCUT2D eigenvalue weighted by atomic mass is 9.86. The summed E-state index contributed by atoms with van der Waals surface area (Å²) in [4.78, 5) is 36.4. The molecule has 7 heteroatoms. The number of carboxylic acids is 1. The van der Waals surface area contributed by atoms with Gasteiger partial charge >= 0.3 is 12.1 Å². The molecule has 0 aliphatic heterocycles. The summed E-state index contributed by atoms with van der Waals surface area (Å²) in [6.07, 6.45) is -0.118. The number of alkyl carbamates (subject to hydrolysis) is 1. The molecule has 176 valence electrons. The molecular weight excluding hydrogens is 420 g/mol. The molecule has 2 aromatic rings. The fraction of sp³-hybridized carbons (Fsp3) is 0.423. The minimum atomic E-state index is -1.09.